The van der Waals surface area contributed by atoms with Gasteiger partial charge in [-0.2, -0.15) is 4.80 Å². The minimum atomic E-state index is -0.201. The molecule has 0 amide bonds. The van der Waals surface area contributed by atoms with Crippen LogP contribution in [-0.2, 0) is 13.5 Å². The summed E-state index contributed by atoms with van der Waals surface area (Å²) in [6.45, 7) is 0. The maximum Gasteiger partial charge on any atom is 0.176 e. The van der Waals surface area contributed by atoms with E-state index in [1.807, 2.05) is 30.3 Å². The minimum absolute atomic E-state index is 0.201. The van der Waals surface area contributed by atoms with Crippen LogP contribution < -0.4 is 11.3 Å². The summed E-state index contributed by atoms with van der Waals surface area (Å²) in [5.74, 6) is 6.29. The fourth-order valence-electron chi connectivity index (χ4n) is 2.17. The Hall–Kier alpha value is -1.90. The Labute approximate surface area is 129 Å². The number of pyridine rings is 1. The summed E-state index contributed by atoms with van der Waals surface area (Å²) in [6, 6.07) is 9.77. The Morgan fingerprint density at radius 2 is 2.19 bits per heavy atom. The van der Waals surface area contributed by atoms with Crippen LogP contribution in [-0.4, -0.2) is 25.2 Å². The Morgan fingerprint density at radius 1 is 1.38 bits per heavy atom. The van der Waals surface area contributed by atoms with Gasteiger partial charge in [-0.3, -0.25) is 11.3 Å². The number of nitrogens with one attached hydrogen (secondary N) is 1. The molecule has 8 heteroatoms. The first-order chi connectivity index (χ1) is 10.2. The number of nitrogens with zero attached hydrogens (tertiary/aromatic N) is 5. The molecule has 0 spiro atoms. The van der Waals surface area contributed by atoms with Gasteiger partial charge >= 0.3 is 0 Å². The predicted octanol–water partition coefficient (Wildman–Crippen LogP) is 1.27. The van der Waals surface area contributed by atoms with Crippen LogP contribution in [0.3, 0.4) is 0 Å². The van der Waals surface area contributed by atoms with Crippen molar-refractivity contribution in [1.82, 2.24) is 30.6 Å². The van der Waals surface area contributed by atoms with Crippen molar-refractivity contribution in [1.29, 1.82) is 0 Å². The number of halogens is 1. The third-order valence-electron chi connectivity index (χ3n) is 3.17. The van der Waals surface area contributed by atoms with Crippen molar-refractivity contribution in [2.24, 2.45) is 12.9 Å². The molecule has 108 valence electrons. The molecule has 0 saturated heterocycles. The van der Waals surface area contributed by atoms with E-state index in [2.05, 4.69) is 41.8 Å². The van der Waals surface area contributed by atoms with E-state index in [0.29, 0.717) is 12.2 Å². The van der Waals surface area contributed by atoms with Gasteiger partial charge in [0.15, 0.2) is 5.82 Å². The van der Waals surface area contributed by atoms with E-state index in [9.17, 15) is 0 Å². The summed E-state index contributed by atoms with van der Waals surface area (Å²) in [5.41, 5.74) is 4.51. The number of rotatable bonds is 4. The zero-order valence-electron chi connectivity index (χ0n) is 11.4. The Morgan fingerprint density at radius 3 is 2.90 bits per heavy atom. The Balaban J connectivity index is 1.97. The molecule has 0 aliphatic heterocycles. The molecule has 0 saturated carbocycles. The van der Waals surface area contributed by atoms with E-state index in [4.69, 9.17) is 5.84 Å². The largest absolute Gasteiger partial charge is 0.271 e. The molecule has 1 atom stereocenters. The summed E-state index contributed by atoms with van der Waals surface area (Å²) < 4.78 is 0.896. The van der Waals surface area contributed by atoms with Gasteiger partial charge in [0.1, 0.15) is 0 Å². The van der Waals surface area contributed by atoms with Gasteiger partial charge in [-0.1, -0.05) is 18.2 Å². The average Bonchev–Trinajstić information content (AvgIpc) is 2.89. The second-order valence-electron chi connectivity index (χ2n) is 4.67. The fraction of sp³-hybridized carbons (Fsp3) is 0.231. The highest BCUT2D eigenvalue weighted by atomic mass is 79.9. The van der Waals surface area contributed by atoms with Crippen molar-refractivity contribution >= 4 is 26.8 Å². The molecule has 0 fully saturated rings. The summed E-state index contributed by atoms with van der Waals surface area (Å²) >= 11 is 3.56. The van der Waals surface area contributed by atoms with Gasteiger partial charge in [-0.05, 0) is 33.3 Å². The van der Waals surface area contributed by atoms with Crippen LogP contribution in [0.4, 0.5) is 0 Å². The van der Waals surface area contributed by atoms with Crippen LogP contribution in [0, 0.1) is 0 Å². The highest BCUT2D eigenvalue weighted by Crippen LogP contribution is 2.27. The Bertz CT molecular complexity index is 770. The van der Waals surface area contributed by atoms with Crippen LogP contribution in [0.5, 0.6) is 0 Å². The molecule has 2 aromatic heterocycles. The molecule has 0 radical (unpaired) electrons. The van der Waals surface area contributed by atoms with E-state index in [1.165, 1.54) is 4.80 Å². The van der Waals surface area contributed by atoms with Gasteiger partial charge in [0, 0.05) is 16.3 Å². The lowest BCUT2D eigenvalue weighted by Crippen LogP contribution is -2.31. The molecule has 2 heterocycles. The standard InChI is InChI=1S/C13H14BrN7/c1-21-19-12(18-20-21)7-11(17-15)13-9(14)6-8-4-2-3-5-10(8)16-13/h2-6,11,17H,7,15H2,1H3. The molecule has 3 N–H and O–H groups in total. The summed E-state index contributed by atoms with van der Waals surface area (Å²) in [4.78, 5) is 6.10. The average molecular weight is 348 g/mol. The highest BCUT2D eigenvalue weighted by molar-refractivity contribution is 9.10. The van der Waals surface area contributed by atoms with Crippen molar-refractivity contribution < 1.29 is 0 Å². The number of benzene rings is 1. The molecule has 1 unspecified atom stereocenters. The van der Waals surface area contributed by atoms with Gasteiger partial charge in [0.25, 0.3) is 0 Å². The molecule has 0 aliphatic rings. The number of hydrogen-bond acceptors (Lipinski definition) is 6. The zero-order chi connectivity index (χ0) is 14.8. The number of hydrogen-bond donors (Lipinski definition) is 2. The molecule has 0 aliphatic carbocycles. The van der Waals surface area contributed by atoms with Gasteiger partial charge in [-0.25, -0.2) is 4.98 Å². The van der Waals surface area contributed by atoms with Crippen molar-refractivity contribution in [3.8, 4) is 0 Å². The van der Waals surface area contributed by atoms with Crippen molar-refractivity contribution in [3.05, 3.63) is 46.3 Å². The summed E-state index contributed by atoms with van der Waals surface area (Å²) in [7, 11) is 1.73. The number of tetrazole rings is 1. The second-order valence-corrected chi connectivity index (χ2v) is 5.52. The van der Waals surface area contributed by atoms with E-state index >= 15 is 0 Å². The lowest BCUT2D eigenvalue weighted by Gasteiger charge is -2.16. The number of fused-ring (bicyclic) bond motifs is 1. The Kier molecular flexibility index (Phi) is 3.91. The highest BCUT2D eigenvalue weighted by Gasteiger charge is 2.18. The maximum atomic E-state index is 5.68. The monoisotopic (exact) mass is 347 g/mol. The second kappa shape index (κ2) is 5.84. The summed E-state index contributed by atoms with van der Waals surface area (Å²) in [6.07, 6.45) is 0.508. The third kappa shape index (κ3) is 2.92. The predicted molar refractivity (Wildman–Crippen MR) is 82.0 cm³/mol. The molecule has 3 aromatic rings. The number of para-hydroxylation sites is 1. The topological polar surface area (TPSA) is 94.5 Å². The van der Waals surface area contributed by atoms with E-state index in [1.54, 1.807) is 7.05 Å². The number of hydrazine groups is 1. The van der Waals surface area contributed by atoms with E-state index in [-0.39, 0.29) is 6.04 Å². The molecule has 0 bridgehead atoms. The van der Waals surface area contributed by atoms with Gasteiger partial charge in [0.05, 0.1) is 24.3 Å². The first kappa shape index (κ1) is 14.1. The zero-order valence-corrected chi connectivity index (χ0v) is 12.9. The minimum Gasteiger partial charge on any atom is -0.271 e. The number of nitrogens with two attached hydrogens (primary N) is 1. The molecule has 1 aromatic carbocycles. The molecule has 7 nitrogen and oxygen atoms in total. The molecular weight excluding hydrogens is 334 g/mol. The normalized spacial score (nSPS) is 12.7. The van der Waals surface area contributed by atoms with Crippen LogP contribution in [0.25, 0.3) is 10.9 Å². The van der Waals surface area contributed by atoms with Crippen LogP contribution in [0.1, 0.15) is 17.6 Å². The van der Waals surface area contributed by atoms with Crippen molar-refractivity contribution in [2.45, 2.75) is 12.5 Å². The van der Waals surface area contributed by atoms with Gasteiger partial charge < -0.3 is 0 Å². The lowest BCUT2D eigenvalue weighted by atomic mass is 10.1. The molecule has 3 rings (SSSR count). The van der Waals surface area contributed by atoms with Crippen molar-refractivity contribution in [2.75, 3.05) is 0 Å². The first-order valence-corrected chi connectivity index (χ1v) is 7.21. The smallest absolute Gasteiger partial charge is 0.176 e. The van der Waals surface area contributed by atoms with E-state index < -0.39 is 0 Å². The quantitative estimate of drug-likeness (QED) is 0.545. The van der Waals surface area contributed by atoms with Crippen LogP contribution >= 0.6 is 15.9 Å². The summed E-state index contributed by atoms with van der Waals surface area (Å²) in [5, 5.41) is 13.1. The number of aryl methyl sites for hydroxylation is 1. The first-order valence-electron chi connectivity index (χ1n) is 6.41. The molecule has 21 heavy (non-hydrogen) atoms. The van der Waals surface area contributed by atoms with E-state index in [0.717, 1.165) is 21.1 Å². The third-order valence-corrected chi connectivity index (χ3v) is 3.81. The molecular formula is C13H14BrN7. The van der Waals surface area contributed by atoms with Gasteiger partial charge in [0.2, 0.25) is 0 Å². The maximum absolute atomic E-state index is 5.68. The van der Waals surface area contributed by atoms with Crippen LogP contribution in [0.2, 0.25) is 0 Å². The number of aromatic nitrogens is 5. The SMILES string of the molecule is Cn1nnc(CC(NN)c2nc3ccccc3cc2Br)n1. The van der Waals surface area contributed by atoms with Crippen LogP contribution in [0.15, 0.2) is 34.8 Å². The fourth-order valence-corrected chi connectivity index (χ4v) is 2.78. The van der Waals surface area contributed by atoms with Crippen molar-refractivity contribution in [3.63, 3.8) is 0 Å². The lowest BCUT2D eigenvalue weighted by molar-refractivity contribution is 0.523. The van der Waals surface area contributed by atoms with Gasteiger partial charge in [-0.15, -0.1) is 10.2 Å².